The highest BCUT2D eigenvalue weighted by molar-refractivity contribution is 7.99. The molecule has 0 aliphatic carbocycles. The summed E-state index contributed by atoms with van der Waals surface area (Å²) in [5.41, 5.74) is 2.37. The molecule has 0 saturated heterocycles. The van der Waals surface area contributed by atoms with Crippen molar-refractivity contribution in [2.24, 2.45) is 0 Å². The minimum Gasteiger partial charge on any atom is -0.479 e. The van der Waals surface area contributed by atoms with Crippen molar-refractivity contribution in [3.8, 4) is 0 Å². The van der Waals surface area contributed by atoms with E-state index in [0.717, 1.165) is 31.2 Å². The van der Waals surface area contributed by atoms with Crippen LogP contribution in [0, 0.1) is 0 Å². The van der Waals surface area contributed by atoms with Crippen molar-refractivity contribution < 1.29 is 28.6 Å². The van der Waals surface area contributed by atoms with E-state index in [1.165, 1.54) is 87.7 Å². The van der Waals surface area contributed by atoms with Gasteiger partial charge in [0.05, 0.1) is 18.9 Å². The first-order chi connectivity index (χ1) is 20.2. The number of aliphatic carboxylic acids is 1. The minimum atomic E-state index is -4.05. The number of benzene rings is 1. The fraction of sp³-hybridized carbons (Fsp3) is 0.794. The molecule has 0 radical (unpaired) electrons. The molecule has 8 heteroatoms. The fourth-order valence-electron chi connectivity index (χ4n) is 5.28. The van der Waals surface area contributed by atoms with Crippen LogP contribution in [-0.2, 0) is 25.0 Å². The van der Waals surface area contributed by atoms with Gasteiger partial charge in [0.2, 0.25) is 0 Å². The van der Waals surface area contributed by atoms with Crippen LogP contribution in [0.5, 0.6) is 0 Å². The summed E-state index contributed by atoms with van der Waals surface area (Å²) in [6, 6.07) is 8.43. The zero-order chi connectivity index (χ0) is 31.1. The largest absolute Gasteiger partial charge is 0.479 e. The Balaban J connectivity index is 2.48. The Bertz CT molecular complexity index is 866. The Morgan fingerprint density at radius 3 is 2.05 bits per heavy atom. The summed E-state index contributed by atoms with van der Waals surface area (Å²) in [5, 5.41) is 9.76. The molecular formula is C34H61O6PS. The third kappa shape index (κ3) is 18.7. The van der Waals surface area contributed by atoms with E-state index in [2.05, 4.69) is 43.8 Å². The summed E-state index contributed by atoms with van der Waals surface area (Å²) in [5.74, 6) is 1.31. The highest BCUT2D eigenvalue weighted by atomic mass is 32.2. The van der Waals surface area contributed by atoms with Gasteiger partial charge in [-0.1, -0.05) is 116 Å². The second-order valence-corrected chi connectivity index (χ2v) is 14.8. The first kappa shape index (κ1) is 39.2. The van der Waals surface area contributed by atoms with Crippen molar-refractivity contribution in [1.29, 1.82) is 0 Å². The smallest absolute Gasteiger partial charge is 0.333 e. The van der Waals surface area contributed by atoms with Gasteiger partial charge in [-0.3, -0.25) is 4.57 Å². The SMILES string of the molecule is CCCCCCCCCCSCCCCCCCC(c1cccc(CC)c1)C(C)OC(CP(=O)(O)OCCC)C(=O)O. The lowest BCUT2D eigenvalue weighted by atomic mass is 9.87. The third-order valence-electron chi connectivity index (χ3n) is 7.85. The molecule has 1 rings (SSSR count). The van der Waals surface area contributed by atoms with Gasteiger partial charge in [-0.25, -0.2) is 4.79 Å². The Labute approximate surface area is 261 Å². The molecular weight excluding hydrogens is 567 g/mol. The number of thioether (sulfide) groups is 1. The summed E-state index contributed by atoms with van der Waals surface area (Å²) >= 11 is 2.10. The minimum absolute atomic E-state index is 0.00943. The average molecular weight is 629 g/mol. The molecule has 0 aliphatic rings. The number of hydrogen-bond donors (Lipinski definition) is 2. The molecule has 0 bridgehead atoms. The maximum Gasteiger partial charge on any atom is 0.333 e. The van der Waals surface area contributed by atoms with Crippen molar-refractivity contribution in [1.82, 2.24) is 0 Å². The molecule has 0 spiro atoms. The molecule has 2 N–H and O–H groups in total. The number of rotatable bonds is 28. The Morgan fingerprint density at radius 2 is 1.48 bits per heavy atom. The van der Waals surface area contributed by atoms with E-state index in [0.29, 0.717) is 6.42 Å². The standard InChI is InChI=1S/C34H61O6PS/c1-5-8-9-10-11-12-15-18-25-42-26-19-16-13-14-17-23-32(31-22-20-21-30(7-3)27-31)29(4)40-33(34(35)36)28-41(37,38)39-24-6-2/h20-22,27,29,32-33H,5-19,23-26,28H2,1-4H3,(H,35,36)(H,37,38). The highest BCUT2D eigenvalue weighted by Crippen LogP contribution is 2.43. The van der Waals surface area contributed by atoms with E-state index in [-0.39, 0.29) is 12.5 Å². The molecule has 0 heterocycles. The molecule has 6 nitrogen and oxygen atoms in total. The lowest BCUT2D eigenvalue weighted by Gasteiger charge is -2.28. The van der Waals surface area contributed by atoms with Crippen LogP contribution in [0.4, 0.5) is 0 Å². The van der Waals surface area contributed by atoms with Crippen LogP contribution in [-0.4, -0.2) is 52.5 Å². The van der Waals surface area contributed by atoms with E-state index in [4.69, 9.17) is 9.26 Å². The van der Waals surface area contributed by atoms with Crippen molar-refractivity contribution in [3.63, 3.8) is 0 Å². The van der Waals surface area contributed by atoms with E-state index in [9.17, 15) is 19.4 Å². The van der Waals surface area contributed by atoms with Crippen molar-refractivity contribution in [2.75, 3.05) is 24.3 Å². The second kappa shape index (κ2) is 24.5. The number of carboxylic acid groups (broad SMARTS) is 1. The molecule has 1 aromatic carbocycles. The second-order valence-electron chi connectivity index (χ2n) is 11.7. The van der Waals surface area contributed by atoms with Crippen LogP contribution in [0.1, 0.15) is 141 Å². The Hall–Kier alpha value is -0.850. The molecule has 0 aliphatic heterocycles. The van der Waals surface area contributed by atoms with E-state index < -0.39 is 31.9 Å². The van der Waals surface area contributed by atoms with Crippen molar-refractivity contribution in [3.05, 3.63) is 35.4 Å². The molecule has 0 aromatic heterocycles. The van der Waals surface area contributed by atoms with Crippen molar-refractivity contribution in [2.45, 2.75) is 149 Å². The van der Waals surface area contributed by atoms with E-state index in [1.54, 1.807) is 0 Å². The topological polar surface area (TPSA) is 93.1 Å². The number of carbonyl (C=O) groups is 1. The van der Waals surface area contributed by atoms with Crippen LogP contribution < -0.4 is 0 Å². The lowest BCUT2D eigenvalue weighted by molar-refractivity contribution is -0.153. The van der Waals surface area contributed by atoms with Crippen LogP contribution in [0.15, 0.2) is 24.3 Å². The zero-order valence-electron chi connectivity index (χ0n) is 27.1. The van der Waals surface area contributed by atoms with Gasteiger partial charge < -0.3 is 19.3 Å². The molecule has 1 aromatic rings. The van der Waals surface area contributed by atoms with Crippen LogP contribution in [0.3, 0.4) is 0 Å². The summed E-state index contributed by atoms with van der Waals surface area (Å²) in [4.78, 5) is 22.1. The van der Waals surface area contributed by atoms with Gasteiger partial charge in [0.25, 0.3) is 0 Å². The van der Waals surface area contributed by atoms with Gasteiger partial charge >= 0.3 is 13.6 Å². The first-order valence-corrected chi connectivity index (χ1v) is 19.7. The van der Waals surface area contributed by atoms with Crippen molar-refractivity contribution >= 4 is 25.3 Å². The number of aryl methyl sites for hydroxylation is 1. The van der Waals surface area contributed by atoms with E-state index in [1.807, 2.05) is 19.9 Å². The molecule has 42 heavy (non-hydrogen) atoms. The zero-order valence-corrected chi connectivity index (χ0v) is 28.8. The molecule has 244 valence electrons. The number of carboxylic acids is 1. The average Bonchev–Trinajstić information content (AvgIpc) is 2.97. The first-order valence-electron chi connectivity index (χ1n) is 16.7. The van der Waals surface area contributed by atoms with Gasteiger partial charge in [0.1, 0.15) is 0 Å². The summed E-state index contributed by atoms with van der Waals surface area (Å²) in [6.45, 7) is 8.22. The summed E-state index contributed by atoms with van der Waals surface area (Å²) in [7, 11) is -4.05. The van der Waals surface area contributed by atoms with Crippen LogP contribution in [0.2, 0.25) is 0 Å². The highest BCUT2D eigenvalue weighted by Gasteiger charge is 2.34. The van der Waals surface area contributed by atoms with E-state index >= 15 is 0 Å². The van der Waals surface area contributed by atoms with Gasteiger partial charge in [-0.15, -0.1) is 0 Å². The van der Waals surface area contributed by atoms with Gasteiger partial charge in [0, 0.05) is 5.92 Å². The van der Waals surface area contributed by atoms with Crippen LogP contribution in [0.25, 0.3) is 0 Å². The maximum atomic E-state index is 12.4. The van der Waals surface area contributed by atoms with Gasteiger partial charge in [-0.05, 0) is 61.7 Å². The third-order valence-corrected chi connectivity index (χ3v) is 10.4. The van der Waals surface area contributed by atoms with Crippen LogP contribution >= 0.6 is 19.4 Å². The maximum absolute atomic E-state index is 12.4. The summed E-state index contributed by atoms with van der Waals surface area (Å²) in [6.07, 6.45) is 17.0. The monoisotopic (exact) mass is 628 g/mol. The number of hydrogen-bond acceptors (Lipinski definition) is 5. The Morgan fingerprint density at radius 1 is 0.881 bits per heavy atom. The number of ether oxygens (including phenoxy) is 1. The Kier molecular flexibility index (Phi) is 22.8. The van der Waals surface area contributed by atoms with Gasteiger partial charge in [0.15, 0.2) is 6.10 Å². The predicted octanol–water partition coefficient (Wildman–Crippen LogP) is 10.0. The normalized spacial score (nSPS) is 15.3. The molecule has 0 amide bonds. The fourth-order valence-corrected chi connectivity index (χ4v) is 7.54. The molecule has 0 fully saturated rings. The summed E-state index contributed by atoms with van der Waals surface area (Å²) < 4.78 is 23.4. The quantitative estimate of drug-likeness (QED) is 0.0704. The molecule has 4 unspecified atom stereocenters. The van der Waals surface area contributed by atoms with Gasteiger partial charge in [-0.2, -0.15) is 11.8 Å². The predicted molar refractivity (Wildman–Crippen MR) is 179 cm³/mol. The molecule has 4 atom stereocenters. The lowest BCUT2D eigenvalue weighted by Crippen LogP contribution is -2.34. The number of unbranched alkanes of at least 4 members (excludes halogenated alkanes) is 11. The molecule has 0 saturated carbocycles.